The number of methoxy groups -OCH3 is 1. The first-order valence-electron chi connectivity index (χ1n) is 12.0. The molecule has 2 heterocycles. The number of ether oxygens (including phenoxy) is 1. The Morgan fingerprint density at radius 1 is 1.06 bits per heavy atom. The van der Waals surface area contributed by atoms with Gasteiger partial charge in [0.2, 0.25) is 0 Å². The first kappa shape index (κ1) is 23.1. The Morgan fingerprint density at radius 2 is 1.80 bits per heavy atom. The van der Waals surface area contributed by atoms with Crippen LogP contribution in [0, 0.1) is 10.1 Å². The van der Waals surface area contributed by atoms with Crippen molar-refractivity contribution in [1.82, 2.24) is 4.90 Å². The Balaban J connectivity index is 1.20. The number of nitrogens with one attached hydrogen (secondary N) is 1. The van der Waals surface area contributed by atoms with Crippen molar-refractivity contribution in [2.75, 3.05) is 32.1 Å². The maximum absolute atomic E-state index is 13.2. The van der Waals surface area contributed by atoms with Crippen LogP contribution in [0.15, 0.2) is 66.7 Å². The fourth-order valence-corrected chi connectivity index (χ4v) is 5.31. The third-order valence-corrected chi connectivity index (χ3v) is 7.25. The SMILES string of the molecule is COc1ccccc1C1CCN(Cc2ccc(C(=O)C3CNc4ccc([N+](=O)[O-])cc43)cc2)CC1. The number of benzene rings is 3. The third kappa shape index (κ3) is 4.77. The van der Waals surface area contributed by atoms with Crippen LogP contribution in [0.4, 0.5) is 11.4 Å². The van der Waals surface area contributed by atoms with Crippen molar-refractivity contribution in [3.8, 4) is 5.75 Å². The number of nitrogens with zero attached hydrogens (tertiary/aromatic N) is 2. The van der Waals surface area contributed by atoms with E-state index in [2.05, 4.69) is 22.3 Å². The van der Waals surface area contributed by atoms with Gasteiger partial charge in [0.25, 0.3) is 5.69 Å². The van der Waals surface area contributed by atoms with Crippen LogP contribution in [0.5, 0.6) is 5.75 Å². The topological polar surface area (TPSA) is 84.7 Å². The van der Waals surface area contributed by atoms with Gasteiger partial charge >= 0.3 is 0 Å². The summed E-state index contributed by atoms with van der Waals surface area (Å²) in [6, 6.07) is 20.8. The maximum Gasteiger partial charge on any atom is 0.269 e. The van der Waals surface area contributed by atoms with Crippen molar-refractivity contribution in [1.29, 1.82) is 0 Å². The Bertz CT molecular complexity index is 1230. The molecule has 1 N–H and O–H groups in total. The molecule has 0 saturated carbocycles. The molecule has 7 nitrogen and oxygen atoms in total. The van der Waals surface area contributed by atoms with Gasteiger partial charge in [-0.3, -0.25) is 19.8 Å². The summed E-state index contributed by atoms with van der Waals surface area (Å²) in [6.45, 7) is 3.35. The van der Waals surface area contributed by atoms with E-state index in [1.54, 1.807) is 13.2 Å². The molecule has 0 radical (unpaired) electrons. The molecule has 1 fully saturated rings. The Hall–Kier alpha value is -3.71. The molecule has 180 valence electrons. The normalized spacial score (nSPS) is 18.0. The highest BCUT2D eigenvalue weighted by atomic mass is 16.6. The number of para-hydroxylation sites is 1. The minimum atomic E-state index is -0.423. The summed E-state index contributed by atoms with van der Waals surface area (Å²) in [5, 5.41) is 14.4. The summed E-state index contributed by atoms with van der Waals surface area (Å²) in [6.07, 6.45) is 2.19. The number of ketones is 1. The third-order valence-electron chi connectivity index (χ3n) is 7.25. The molecular weight excluding hydrogens is 442 g/mol. The van der Waals surface area contributed by atoms with E-state index in [-0.39, 0.29) is 11.5 Å². The highest BCUT2D eigenvalue weighted by Crippen LogP contribution is 2.37. The quantitative estimate of drug-likeness (QED) is 0.283. The average molecular weight is 472 g/mol. The second-order valence-electron chi connectivity index (χ2n) is 9.32. The minimum Gasteiger partial charge on any atom is -0.496 e. The van der Waals surface area contributed by atoms with Crippen LogP contribution < -0.4 is 10.1 Å². The zero-order chi connectivity index (χ0) is 24.4. The summed E-state index contributed by atoms with van der Waals surface area (Å²) in [4.78, 5) is 26.4. The van der Waals surface area contributed by atoms with Gasteiger partial charge in [-0.1, -0.05) is 42.5 Å². The summed E-state index contributed by atoms with van der Waals surface area (Å²) in [5.74, 6) is 1.06. The number of carbonyl (C=O) groups is 1. The smallest absolute Gasteiger partial charge is 0.269 e. The molecule has 0 aromatic heterocycles. The van der Waals surface area contributed by atoms with E-state index in [9.17, 15) is 14.9 Å². The van der Waals surface area contributed by atoms with Crippen LogP contribution in [0.2, 0.25) is 0 Å². The van der Waals surface area contributed by atoms with Crippen molar-refractivity contribution >= 4 is 17.2 Å². The molecule has 35 heavy (non-hydrogen) atoms. The molecule has 3 aromatic rings. The van der Waals surface area contributed by atoms with Crippen LogP contribution in [0.3, 0.4) is 0 Å². The molecule has 0 bridgehead atoms. The first-order valence-corrected chi connectivity index (χ1v) is 12.0. The molecule has 1 unspecified atom stereocenters. The maximum atomic E-state index is 13.2. The number of piperidine rings is 1. The standard InChI is InChI=1S/C28H29N3O4/c1-35-27-5-3-2-4-23(27)20-12-14-30(15-13-20)18-19-6-8-21(9-7-19)28(32)25-17-29-26-11-10-22(31(33)34)16-24(25)26/h2-11,16,20,25,29H,12-15,17-18H2,1H3. The van der Waals surface area contributed by atoms with E-state index < -0.39 is 10.8 Å². The van der Waals surface area contributed by atoms with Crippen molar-refractivity contribution in [2.45, 2.75) is 31.2 Å². The Morgan fingerprint density at radius 3 is 2.51 bits per heavy atom. The lowest BCUT2D eigenvalue weighted by Crippen LogP contribution is -2.32. The van der Waals surface area contributed by atoms with Crippen molar-refractivity contribution < 1.29 is 14.5 Å². The van der Waals surface area contributed by atoms with Crippen LogP contribution in [-0.4, -0.2) is 42.4 Å². The van der Waals surface area contributed by atoms with Gasteiger partial charge in [0.15, 0.2) is 5.78 Å². The number of fused-ring (bicyclic) bond motifs is 1. The predicted molar refractivity (Wildman–Crippen MR) is 135 cm³/mol. The summed E-state index contributed by atoms with van der Waals surface area (Å²) < 4.78 is 5.55. The van der Waals surface area contributed by atoms with Gasteiger partial charge in [0.05, 0.1) is 18.0 Å². The minimum absolute atomic E-state index is 0.00933. The van der Waals surface area contributed by atoms with Gasteiger partial charge in [-0.05, 0) is 60.7 Å². The van der Waals surface area contributed by atoms with Gasteiger partial charge in [-0.25, -0.2) is 0 Å². The monoisotopic (exact) mass is 471 g/mol. The number of non-ortho nitro benzene ring substituents is 1. The summed E-state index contributed by atoms with van der Waals surface area (Å²) in [5.41, 5.74) is 4.61. The molecule has 0 spiro atoms. The molecule has 2 aliphatic rings. The van der Waals surface area contributed by atoms with E-state index in [1.807, 2.05) is 36.4 Å². The molecule has 7 heteroatoms. The van der Waals surface area contributed by atoms with Gasteiger partial charge in [0, 0.05) is 36.5 Å². The van der Waals surface area contributed by atoms with Crippen LogP contribution >= 0.6 is 0 Å². The van der Waals surface area contributed by atoms with Gasteiger partial charge in [0.1, 0.15) is 5.75 Å². The fraction of sp³-hybridized carbons (Fsp3) is 0.321. The lowest BCUT2D eigenvalue weighted by atomic mass is 9.88. The number of likely N-dealkylation sites (tertiary alicyclic amines) is 1. The van der Waals surface area contributed by atoms with Gasteiger partial charge in [-0.15, -0.1) is 0 Å². The van der Waals surface area contributed by atoms with E-state index in [1.165, 1.54) is 23.3 Å². The van der Waals surface area contributed by atoms with E-state index in [0.29, 0.717) is 23.6 Å². The molecular formula is C28H29N3O4. The zero-order valence-corrected chi connectivity index (χ0v) is 19.8. The van der Waals surface area contributed by atoms with Gasteiger partial charge in [-0.2, -0.15) is 0 Å². The van der Waals surface area contributed by atoms with Crippen LogP contribution in [0.1, 0.15) is 51.7 Å². The second kappa shape index (κ2) is 9.88. The molecule has 3 aromatic carbocycles. The molecule has 0 amide bonds. The number of rotatable bonds is 7. The molecule has 0 aliphatic carbocycles. The number of carbonyl (C=O) groups excluding carboxylic acids is 1. The summed E-state index contributed by atoms with van der Waals surface area (Å²) in [7, 11) is 1.73. The lowest BCUT2D eigenvalue weighted by Gasteiger charge is -2.32. The highest BCUT2D eigenvalue weighted by molar-refractivity contribution is 6.03. The second-order valence-corrected chi connectivity index (χ2v) is 9.32. The molecule has 1 atom stereocenters. The number of Topliss-reactive ketones (excluding diaryl/α,β-unsaturated/α-hetero) is 1. The molecule has 5 rings (SSSR count). The van der Waals surface area contributed by atoms with Crippen molar-refractivity contribution in [3.05, 3.63) is 99.1 Å². The van der Waals surface area contributed by atoms with Crippen molar-refractivity contribution in [3.63, 3.8) is 0 Å². The largest absolute Gasteiger partial charge is 0.496 e. The molecule has 2 aliphatic heterocycles. The number of anilines is 1. The first-order chi connectivity index (χ1) is 17.0. The van der Waals surface area contributed by atoms with Crippen LogP contribution in [0.25, 0.3) is 0 Å². The van der Waals surface area contributed by atoms with Crippen LogP contribution in [-0.2, 0) is 6.54 Å². The van der Waals surface area contributed by atoms with Gasteiger partial charge < -0.3 is 10.1 Å². The Labute approximate surface area is 204 Å². The summed E-state index contributed by atoms with van der Waals surface area (Å²) >= 11 is 0. The fourth-order valence-electron chi connectivity index (χ4n) is 5.31. The lowest BCUT2D eigenvalue weighted by molar-refractivity contribution is -0.384. The number of nitro benzene ring substituents is 1. The average Bonchev–Trinajstić information content (AvgIpc) is 3.32. The number of nitro groups is 1. The van der Waals surface area contributed by atoms with E-state index in [0.717, 1.165) is 43.9 Å². The van der Waals surface area contributed by atoms with E-state index >= 15 is 0 Å². The predicted octanol–water partition coefficient (Wildman–Crippen LogP) is 5.38. The Kier molecular flexibility index (Phi) is 6.51. The van der Waals surface area contributed by atoms with Crippen molar-refractivity contribution in [2.24, 2.45) is 0 Å². The van der Waals surface area contributed by atoms with E-state index in [4.69, 9.17) is 4.74 Å². The highest BCUT2D eigenvalue weighted by Gasteiger charge is 2.31. The molecule has 1 saturated heterocycles. The number of hydrogen-bond donors (Lipinski definition) is 1. The number of hydrogen-bond acceptors (Lipinski definition) is 6. The zero-order valence-electron chi connectivity index (χ0n) is 19.8.